The third kappa shape index (κ3) is 10.6. The van der Waals surface area contributed by atoms with Crippen LogP contribution in [-0.4, -0.2) is 85.9 Å². The highest BCUT2D eigenvalue weighted by Gasteiger charge is 2.51. The summed E-state index contributed by atoms with van der Waals surface area (Å²) in [6.45, 7) is 9.78. The molecule has 0 spiro atoms. The van der Waals surface area contributed by atoms with Gasteiger partial charge in [-0.3, -0.25) is 4.79 Å². The number of carbonyl (C=O) groups is 3. The number of carboxylic acids is 2. The molecule has 2 saturated carbocycles. The SMILES string of the molecule is Cc1ccc2nc(C(=O)N3C[C@]4(C)C[C@H]3CC(C)(C)C4)nc(NC3CCCCC3N=C(N)N)c2c1.O=C(O)C(F)(F)F.O=C(O)C(F)(F)F. The summed E-state index contributed by atoms with van der Waals surface area (Å²) in [6.07, 6.45) is -2.88. The van der Waals surface area contributed by atoms with Crippen LogP contribution in [0.15, 0.2) is 23.2 Å². The van der Waals surface area contributed by atoms with E-state index in [1.54, 1.807) is 0 Å². The van der Waals surface area contributed by atoms with Crippen LogP contribution in [-0.2, 0) is 9.59 Å². The van der Waals surface area contributed by atoms with Crippen molar-refractivity contribution in [2.24, 2.45) is 27.3 Å². The molecule has 12 nitrogen and oxygen atoms in total. The van der Waals surface area contributed by atoms with E-state index in [9.17, 15) is 31.1 Å². The van der Waals surface area contributed by atoms with Gasteiger partial charge in [-0.1, -0.05) is 45.2 Å². The molecule has 2 aliphatic carbocycles. The Labute approximate surface area is 278 Å². The van der Waals surface area contributed by atoms with E-state index in [4.69, 9.17) is 41.2 Å². The number of carboxylic acid groups (broad SMARTS) is 2. The molecule has 1 aromatic carbocycles. The number of nitrogens with zero attached hydrogens (tertiary/aromatic N) is 4. The fourth-order valence-electron chi connectivity index (χ4n) is 7.08. The van der Waals surface area contributed by atoms with Crippen molar-refractivity contribution in [1.29, 1.82) is 0 Å². The summed E-state index contributed by atoms with van der Waals surface area (Å²) < 4.78 is 63.5. The van der Waals surface area contributed by atoms with Gasteiger partial charge in [-0.25, -0.2) is 24.5 Å². The first-order chi connectivity index (χ1) is 22.4. The quantitative estimate of drug-likeness (QED) is 0.159. The molecule has 3 aliphatic rings. The minimum atomic E-state index is -5.08. The summed E-state index contributed by atoms with van der Waals surface area (Å²) >= 11 is 0. The highest BCUT2D eigenvalue weighted by Crippen LogP contribution is 2.52. The number of halogens is 6. The minimum absolute atomic E-state index is 0.0114. The molecule has 2 bridgehead atoms. The maximum atomic E-state index is 13.8. The molecular formula is C31H41F6N7O5. The summed E-state index contributed by atoms with van der Waals surface area (Å²) in [5, 5.41) is 18.8. The van der Waals surface area contributed by atoms with Gasteiger partial charge >= 0.3 is 24.3 Å². The molecule has 1 aromatic heterocycles. The fraction of sp³-hybridized carbons (Fsp3) is 0.613. The molecule has 0 radical (unpaired) electrons. The van der Waals surface area contributed by atoms with Crippen LogP contribution in [0.1, 0.15) is 81.9 Å². The molecule has 2 aromatic rings. The van der Waals surface area contributed by atoms with E-state index >= 15 is 0 Å². The van der Waals surface area contributed by atoms with Crippen LogP contribution in [0.5, 0.6) is 0 Å². The van der Waals surface area contributed by atoms with Crippen molar-refractivity contribution >= 4 is 40.5 Å². The van der Waals surface area contributed by atoms with Gasteiger partial charge < -0.3 is 31.9 Å². The number of alkyl halides is 6. The Morgan fingerprint density at radius 2 is 1.53 bits per heavy atom. The average Bonchev–Trinajstić information content (AvgIpc) is 3.21. The topological polar surface area (TPSA) is 197 Å². The van der Waals surface area contributed by atoms with Crippen LogP contribution < -0.4 is 16.8 Å². The van der Waals surface area contributed by atoms with Gasteiger partial charge in [0.1, 0.15) is 5.82 Å². The number of rotatable bonds is 4. The molecule has 1 aliphatic heterocycles. The van der Waals surface area contributed by atoms with Gasteiger partial charge in [0.2, 0.25) is 5.82 Å². The monoisotopic (exact) mass is 705 g/mol. The predicted molar refractivity (Wildman–Crippen MR) is 168 cm³/mol. The van der Waals surface area contributed by atoms with Gasteiger partial charge in [0, 0.05) is 18.0 Å². The lowest BCUT2D eigenvalue weighted by Gasteiger charge is -2.39. The van der Waals surface area contributed by atoms with Crippen molar-refractivity contribution in [3.8, 4) is 0 Å². The number of carbonyl (C=O) groups excluding carboxylic acids is 1. The Hall–Kier alpha value is -4.38. The molecule has 5 rings (SSSR count). The first-order valence-electron chi connectivity index (χ1n) is 15.5. The van der Waals surface area contributed by atoms with Gasteiger partial charge in [0.15, 0.2) is 5.96 Å². The second kappa shape index (κ2) is 14.6. The first kappa shape index (κ1) is 39.1. The first-order valence-corrected chi connectivity index (χ1v) is 15.5. The van der Waals surface area contributed by atoms with Gasteiger partial charge in [-0.2, -0.15) is 26.3 Å². The molecule has 49 heavy (non-hydrogen) atoms. The molecular weight excluding hydrogens is 664 g/mol. The van der Waals surface area contributed by atoms with Crippen LogP contribution in [0.3, 0.4) is 0 Å². The number of nitrogens with one attached hydrogen (secondary N) is 1. The second-order valence-electron chi connectivity index (χ2n) is 13.8. The standard InChI is InChI=1S/C27H39N7O.2C2HF3O2/c1-16-9-10-19-18(11-16)22(31-20-7-5-6-8-21(20)32-25(28)29)33-23(30-19)24(35)34-15-27(4)13-17(34)12-26(2,3)14-27;2*3-2(4,5)1(6)7/h9-11,17,20-21H,5-8,12-15H2,1-4H3,(H4,28,29,32)(H,30,31,33);2*(H,6,7)/t17-,20?,21?,27-;;/m1../s1. The lowest BCUT2D eigenvalue weighted by molar-refractivity contribution is -0.193. The third-order valence-electron chi connectivity index (χ3n) is 8.57. The van der Waals surface area contributed by atoms with Crippen molar-refractivity contribution in [3.63, 3.8) is 0 Å². The Morgan fingerprint density at radius 3 is 2.08 bits per heavy atom. The van der Waals surface area contributed by atoms with Crippen molar-refractivity contribution < 1.29 is 50.9 Å². The number of guanidine groups is 1. The number of hydrogen-bond acceptors (Lipinski definition) is 7. The number of aryl methyl sites for hydroxylation is 1. The van der Waals surface area contributed by atoms with Gasteiger partial charge in [-0.05, 0) is 62.0 Å². The zero-order chi connectivity index (χ0) is 37.1. The van der Waals surface area contributed by atoms with E-state index in [1.807, 2.05) is 17.0 Å². The molecule has 2 unspecified atom stereocenters. The summed E-state index contributed by atoms with van der Waals surface area (Å²) in [5.74, 6) is -4.50. The number of anilines is 1. The summed E-state index contributed by atoms with van der Waals surface area (Å²) in [7, 11) is 0. The second-order valence-corrected chi connectivity index (χ2v) is 13.8. The summed E-state index contributed by atoms with van der Waals surface area (Å²) in [5.41, 5.74) is 13.7. The molecule has 1 saturated heterocycles. The van der Waals surface area contributed by atoms with Crippen molar-refractivity contribution in [2.45, 2.75) is 103 Å². The molecule has 3 fully saturated rings. The van der Waals surface area contributed by atoms with Crippen LogP contribution in [0.2, 0.25) is 0 Å². The molecule has 1 amide bonds. The van der Waals surface area contributed by atoms with Gasteiger partial charge in [0.05, 0.1) is 17.6 Å². The van der Waals surface area contributed by atoms with E-state index in [1.165, 1.54) is 0 Å². The van der Waals surface area contributed by atoms with Crippen molar-refractivity contribution in [2.75, 3.05) is 11.9 Å². The minimum Gasteiger partial charge on any atom is -0.475 e. The highest BCUT2D eigenvalue weighted by molar-refractivity contribution is 5.97. The maximum Gasteiger partial charge on any atom is 0.490 e. The van der Waals surface area contributed by atoms with Gasteiger partial charge in [-0.15, -0.1) is 0 Å². The van der Waals surface area contributed by atoms with E-state index in [-0.39, 0.29) is 46.6 Å². The summed E-state index contributed by atoms with van der Waals surface area (Å²) in [6, 6.07) is 6.38. The molecule has 2 heterocycles. The molecule has 18 heteroatoms. The highest BCUT2D eigenvalue weighted by atomic mass is 19.4. The summed E-state index contributed by atoms with van der Waals surface area (Å²) in [4.78, 5) is 47.7. The lowest BCUT2D eigenvalue weighted by atomic mass is 9.65. The number of aliphatic imine (C=N–C) groups is 1. The Morgan fingerprint density at radius 1 is 0.959 bits per heavy atom. The van der Waals surface area contributed by atoms with E-state index in [2.05, 4.69) is 44.1 Å². The lowest BCUT2D eigenvalue weighted by Crippen LogP contribution is -2.39. The number of fused-ring (bicyclic) bond motifs is 3. The largest absolute Gasteiger partial charge is 0.490 e. The van der Waals surface area contributed by atoms with Crippen LogP contribution in [0.4, 0.5) is 32.2 Å². The molecule has 4 atom stereocenters. The number of aliphatic carboxylic acids is 2. The number of amides is 1. The Kier molecular flexibility index (Phi) is 11.7. The van der Waals surface area contributed by atoms with E-state index in [0.717, 1.165) is 68.0 Å². The number of benzene rings is 1. The average molecular weight is 706 g/mol. The zero-order valence-electron chi connectivity index (χ0n) is 27.5. The van der Waals surface area contributed by atoms with Crippen molar-refractivity contribution in [1.82, 2.24) is 14.9 Å². The van der Waals surface area contributed by atoms with Crippen LogP contribution in [0, 0.1) is 17.8 Å². The maximum absolute atomic E-state index is 13.8. The van der Waals surface area contributed by atoms with Crippen LogP contribution >= 0.6 is 0 Å². The normalized spacial score (nSPS) is 24.4. The van der Waals surface area contributed by atoms with Crippen molar-refractivity contribution in [3.05, 3.63) is 29.6 Å². The zero-order valence-corrected chi connectivity index (χ0v) is 27.5. The smallest absolute Gasteiger partial charge is 0.475 e. The third-order valence-corrected chi connectivity index (χ3v) is 8.57. The Bertz CT molecular complexity index is 1550. The van der Waals surface area contributed by atoms with Gasteiger partial charge in [0.25, 0.3) is 5.91 Å². The predicted octanol–water partition coefficient (Wildman–Crippen LogP) is 5.24. The number of hydrogen-bond donors (Lipinski definition) is 5. The van der Waals surface area contributed by atoms with Crippen LogP contribution in [0.25, 0.3) is 10.9 Å². The number of nitrogens with two attached hydrogens (primary N) is 2. The Balaban J connectivity index is 0.000000392. The number of aromatic nitrogens is 2. The number of likely N-dealkylation sites (tertiary alicyclic amines) is 1. The van der Waals surface area contributed by atoms with E-state index in [0.29, 0.717) is 5.82 Å². The van der Waals surface area contributed by atoms with E-state index < -0.39 is 24.3 Å². The fourth-order valence-corrected chi connectivity index (χ4v) is 7.08. The molecule has 7 N–H and O–H groups in total. The molecule has 272 valence electrons.